The van der Waals surface area contributed by atoms with Crippen LogP contribution < -0.4 is 5.32 Å². The number of ether oxygens (including phenoxy) is 1. The number of aromatic nitrogens is 1. The number of carbonyl (C=O) groups is 3. The number of para-hydroxylation sites is 1. The molecule has 3 aromatic rings. The molecular formula is C24H24N2O4. The van der Waals surface area contributed by atoms with E-state index in [1.165, 1.54) is 6.92 Å². The predicted molar refractivity (Wildman–Crippen MR) is 115 cm³/mol. The molecule has 3 rings (SSSR count). The Bertz CT molecular complexity index is 1070. The summed E-state index contributed by atoms with van der Waals surface area (Å²) >= 11 is 0. The van der Waals surface area contributed by atoms with E-state index in [0.29, 0.717) is 34.3 Å². The molecule has 2 aromatic carbocycles. The largest absolute Gasteiger partial charge is 0.454 e. The Hall–Kier alpha value is -3.54. The molecule has 30 heavy (non-hydrogen) atoms. The molecule has 0 aliphatic heterocycles. The molecule has 0 aliphatic carbocycles. The Morgan fingerprint density at radius 3 is 2.50 bits per heavy atom. The average Bonchev–Trinajstić information content (AvgIpc) is 2.74. The smallest absolute Gasteiger partial charge is 0.339 e. The third kappa shape index (κ3) is 5.50. The summed E-state index contributed by atoms with van der Waals surface area (Å²) in [5.74, 6) is -0.844. The first-order chi connectivity index (χ1) is 14.4. The fourth-order valence-electron chi connectivity index (χ4n) is 3.18. The van der Waals surface area contributed by atoms with Crippen LogP contribution in [0.4, 0.5) is 0 Å². The molecular weight excluding hydrogens is 380 g/mol. The molecule has 1 N–H and O–H groups in total. The molecule has 1 amide bonds. The number of nitrogens with zero attached hydrogens (tertiary/aromatic N) is 1. The fraction of sp³-hybridized carbons (Fsp3) is 0.250. The second kappa shape index (κ2) is 9.78. The van der Waals surface area contributed by atoms with Gasteiger partial charge in [0.1, 0.15) is 0 Å². The van der Waals surface area contributed by atoms with Crippen molar-refractivity contribution in [2.45, 2.75) is 26.7 Å². The maximum absolute atomic E-state index is 12.6. The monoisotopic (exact) mass is 404 g/mol. The van der Waals surface area contributed by atoms with Crippen LogP contribution in [0.2, 0.25) is 0 Å². The number of benzene rings is 2. The lowest BCUT2D eigenvalue weighted by Gasteiger charge is -2.09. The molecule has 0 aliphatic rings. The van der Waals surface area contributed by atoms with Crippen molar-refractivity contribution in [1.82, 2.24) is 10.3 Å². The van der Waals surface area contributed by atoms with Gasteiger partial charge in [0.15, 0.2) is 12.4 Å². The quantitative estimate of drug-likeness (QED) is 0.352. The lowest BCUT2D eigenvalue weighted by molar-refractivity contribution is -0.118. The minimum absolute atomic E-state index is 0.0413. The SMILES string of the molecule is CC(=O)NCCCc1ccc(C(=O)COC(=O)c2cc(C)nc3ccccc23)cc1. The number of hydrogen-bond donors (Lipinski definition) is 1. The van der Waals surface area contributed by atoms with E-state index in [-0.39, 0.29) is 18.3 Å². The summed E-state index contributed by atoms with van der Waals surface area (Å²) in [5, 5.41) is 3.45. The third-order valence-corrected chi connectivity index (χ3v) is 4.69. The molecule has 0 spiro atoms. The number of nitrogens with one attached hydrogen (secondary N) is 1. The summed E-state index contributed by atoms with van der Waals surface area (Å²) in [7, 11) is 0. The van der Waals surface area contributed by atoms with Crippen molar-refractivity contribution in [3.8, 4) is 0 Å². The van der Waals surface area contributed by atoms with Crippen molar-refractivity contribution in [2.24, 2.45) is 0 Å². The van der Waals surface area contributed by atoms with E-state index in [1.807, 2.05) is 43.3 Å². The predicted octanol–water partition coefficient (Wildman–Crippen LogP) is 3.65. The topological polar surface area (TPSA) is 85.4 Å². The summed E-state index contributed by atoms with van der Waals surface area (Å²) in [5.41, 5.74) is 3.39. The molecule has 1 heterocycles. The van der Waals surface area contributed by atoms with E-state index in [9.17, 15) is 14.4 Å². The van der Waals surface area contributed by atoms with Crippen LogP contribution in [0.3, 0.4) is 0 Å². The lowest BCUT2D eigenvalue weighted by Crippen LogP contribution is -2.21. The molecule has 1 aromatic heterocycles. The van der Waals surface area contributed by atoms with Crippen molar-refractivity contribution in [1.29, 1.82) is 0 Å². The van der Waals surface area contributed by atoms with E-state index in [0.717, 1.165) is 18.4 Å². The summed E-state index contributed by atoms with van der Waals surface area (Å²) < 4.78 is 5.28. The average molecular weight is 404 g/mol. The maximum atomic E-state index is 12.6. The lowest BCUT2D eigenvalue weighted by atomic mass is 10.1. The van der Waals surface area contributed by atoms with Crippen molar-refractivity contribution in [3.63, 3.8) is 0 Å². The summed E-state index contributed by atoms with van der Waals surface area (Å²) in [6, 6.07) is 16.2. The zero-order valence-corrected chi connectivity index (χ0v) is 17.1. The minimum atomic E-state index is -0.542. The third-order valence-electron chi connectivity index (χ3n) is 4.69. The van der Waals surface area contributed by atoms with Crippen LogP contribution in [0.25, 0.3) is 10.9 Å². The number of hydrogen-bond acceptors (Lipinski definition) is 5. The highest BCUT2D eigenvalue weighted by molar-refractivity contribution is 6.05. The van der Waals surface area contributed by atoms with E-state index in [4.69, 9.17) is 4.74 Å². The van der Waals surface area contributed by atoms with Crippen LogP contribution in [-0.4, -0.2) is 35.8 Å². The van der Waals surface area contributed by atoms with Gasteiger partial charge in [0, 0.05) is 30.1 Å². The van der Waals surface area contributed by atoms with E-state index in [2.05, 4.69) is 10.3 Å². The second-order valence-electron chi connectivity index (χ2n) is 7.11. The van der Waals surface area contributed by atoms with Gasteiger partial charge in [0.05, 0.1) is 11.1 Å². The number of esters is 1. The Labute approximate surface area is 175 Å². The van der Waals surface area contributed by atoms with Gasteiger partial charge in [-0.1, -0.05) is 42.5 Å². The van der Waals surface area contributed by atoms with Gasteiger partial charge in [0.2, 0.25) is 5.91 Å². The van der Waals surface area contributed by atoms with Crippen LogP contribution in [0.5, 0.6) is 0 Å². The van der Waals surface area contributed by atoms with E-state index >= 15 is 0 Å². The molecule has 0 atom stereocenters. The van der Waals surface area contributed by atoms with Gasteiger partial charge in [-0.2, -0.15) is 0 Å². The van der Waals surface area contributed by atoms with Crippen LogP contribution in [0, 0.1) is 6.92 Å². The number of carbonyl (C=O) groups excluding carboxylic acids is 3. The summed E-state index contributed by atoms with van der Waals surface area (Å²) in [6.45, 7) is 3.60. The highest BCUT2D eigenvalue weighted by Crippen LogP contribution is 2.19. The van der Waals surface area contributed by atoms with Gasteiger partial charge in [-0.15, -0.1) is 0 Å². The highest BCUT2D eigenvalue weighted by Gasteiger charge is 2.15. The second-order valence-corrected chi connectivity index (χ2v) is 7.11. The Kier molecular flexibility index (Phi) is 6.91. The first-order valence-corrected chi connectivity index (χ1v) is 9.84. The van der Waals surface area contributed by atoms with Crippen molar-refractivity contribution < 1.29 is 19.1 Å². The first kappa shape index (κ1) is 21.2. The Balaban J connectivity index is 1.58. The molecule has 0 bridgehead atoms. The number of ketones is 1. The van der Waals surface area contributed by atoms with Gasteiger partial charge < -0.3 is 10.1 Å². The summed E-state index contributed by atoms with van der Waals surface area (Å²) in [6.07, 6.45) is 1.63. The van der Waals surface area contributed by atoms with Gasteiger partial charge in [0.25, 0.3) is 0 Å². The molecule has 154 valence electrons. The number of fused-ring (bicyclic) bond motifs is 1. The van der Waals surface area contributed by atoms with Crippen molar-refractivity contribution in [3.05, 3.63) is 77.0 Å². The van der Waals surface area contributed by atoms with Gasteiger partial charge in [-0.05, 0) is 37.5 Å². The molecule has 0 fully saturated rings. The fourth-order valence-corrected chi connectivity index (χ4v) is 3.18. The highest BCUT2D eigenvalue weighted by atomic mass is 16.5. The van der Waals surface area contributed by atoms with Crippen molar-refractivity contribution >= 4 is 28.6 Å². The zero-order chi connectivity index (χ0) is 21.5. The molecule has 0 unspecified atom stereocenters. The van der Waals surface area contributed by atoms with Crippen LogP contribution in [0.15, 0.2) is 54.6 Å². The first-order valence-electron chi connectivity index (χ1n) is 9.84. The normalized spacial score (nSPS) is 10.6. The maximum Gasteiger partial charge on any atom is 0.339 e. The number of Topliss-reactive ketones (excluding diaryl/α,β-unsaturated/α-hetero) is 1. The Morgan fingerprint density at radius 2 is 1.77 bits per heavy atom. The number of rotatable bonds is 8. The van der Waals surface area contributed by atoms with E-state index in [1.54, 1.807) is 18.2 Å². The molecule has 6 heteroatoms. The van der Waals surface area contributed by atoms with Gasteiger partial charge in [-0.3, -0.25) is 14.6 Å². The van der Waals surface area contributed by atoms with Gasteiger partial charge in [-0.25, -0.2) is 4.79 Å². The number of pyridine rings is 1. The zero-order valence-electron chi connectivity index (χ0n) is 17.1. The standard InChI is InChI=1S/C24H24N2O4/c1-16-14-21(20-7-3-4-8-22(20)26-16)24(29)30-15-23(28)19-11-9-18(10-12-19)6-5-13-25-17(2)27/h3-4,7-12,14H,5-6,13,15H2,1-2H3,(H,25,27). The minimum Gasteiger partial charge on any atom is -0.454 e. The Morgan fingerprint density at radius 1 is 1.03 bits per heavy atom. The number of amides is 1. The molecule has 6 nitrogen and oxygen atoms in total. The molecule has 0 radical (unpaired) electrons. The molecule has 0 saturated carbocycles. The van der Waals surface area contributed by atoms with Crippen LogP contribution >= 0.6 is 0 Å². The van der Waals surface area contributed by atoms with E-state index < -0.39 is 5.97 Å². The van der Waals surface area contributed by atoms with Crippen LogP contribution in [-0.2, 0) is 16.0 Å². The summed E-state index contributed by atoms with van der Waals surface area (Å²) in [4.78, 5) is 40.3. The number of aryl methyl sites for hydroxylation is 2. The van der Waals surface area contributed by atoms with Gasteiger partial charge >= 0.3 is 5.97 Å². The van der Waals surface area contributed by atoms with Crippen molar-refractivity contribution in [2.75, 3.05) is 13.2 Å². The van der Waals surface area contributed by atoms with Crippen LogP contribution in [0.1, 0.15) is 45.3 Å². The molecule has 0 saturated heterocycles.